The number of hydrogen-bond acceptors (Lipinski definition) is 3. The van der Waals surface area contributed by atoms with Crippen LogP contribution in [0.5, 0.6) is 0 Å². The minimum absolute atomic E-state index is 0.122. The fourth-order valence-electron chi connectivity index (χ4n) is 1.52. The van der Waals surface area contributed by atoms with Crippen molar-refractivity contribution in [1.29, 1.82) is 0 Å². The summed E-state index contributed by atoms with van der Waals surface area (Å²) in [6, 6.07) is 3.21. The number of nitrogens with one attached hydrogen (secondary N) is 2. The fraction of sp³-hybridized carbons (Fsp3) is 0.0909. The summed E-state index contributed by atoms with van der Waals surface area (Å²) in [6.07, 6.45) is 1.19. The lowest BCUT2D eigenvalue weighted by Crippen LogP contribution is -2.14. The molecule has 9 heteroatoms. The summed E-state index contributed by atoms with van der Waals surface area (Å²) in [5.41, 5.74) is 5.11. The van der Waals surface area contributed by atoms with Crippen LogP contribution in [0.15, 0.2) is 33.8 Å². The van der Waals surface area contributed by atoms with E-state index in [9.17, 15) is 17.2 Å². The van der Waals surface area contributed by atoms with Crippen molar-refractivity contribution in [2.24, 2.45) is 5.73 Å². The van der Waals surface area contributed by atoms with Gasteiger partial charge in [0.25, 0.3) is 10.0 Å². The van der Waals surface area contributed by atoms with Crippen LogP contribution in [0.1, 0.15) is 5.69 Å². The normalized spacial score (nSPS) is 11.6. The zero-order valence-corrected chi connectivity index (χ0v) is 12.4. The third kappa shape index (κ3) is 3.00. The van der Waals surface area contributed by atoms with E-state index in [1.165, 1.54) is 12.3 Å². The number of anilines is 1. The van der Waals surface area contributed by atoms with E-state index in [2.05, 4.69) is 20.9 Å². The standard InChI is InChI=1S/C11H10BrF2N3O2S/c12-6-1-9(13)11(10(14)2-6)17-20(18,19)8-3-7(4-15)16-5-8/h1-3,5,16-17H,4,15H2. The Hall–Kier alpha value is -1.45. The van der Waals surface area contributed by atoms with Crippen LogP contribution in [0, 0.1) is 11.6 Å². The van der Waals surface area contributed by atoms with Gasteiger partial charge in [-0.1, -0.05) is 15.9 Å². The Labute approximate surface area is 122 Å². The average molecular weight is 366 g/mol. The predicted octanol–water partition coefficient (Wildman–Crippen LogP) is 2.31. The van der Waals surface area contributed by atoms with Crippen molar-refractivity contribution >= 4 is 31.6 Å². The van der Waals surface area contributed by atoms with Crippen molar-refractivity contribution in [3.05, 3.63) is 46.2 Å². The van der Waals surface area contributed by atoms with E-state index in [0.717, 1.165) is 12.1 Å². The Bertz CT molecular complexity index is 723. The van der Waals surface area contributed by atoms with Crippen LogP contribution >= 0.6 is 15.9 Å². The molecule has 0 aliphatic rings. The number of halogens is 3. The van der Waals surface area contributed by atoms with Gasteiger partial charge in [0.15, 0.2) is 11.6 Å². The minimum Gasteiger partial charge on any atom is -0.363 e. The fourth-order valence-corrected chi connectivity index (χ4v) is 3.02. The van der Waals surface area contributed by atoms with Gasteiger partial charge in [0.1, 0.15) is 10.6 Å². The lowest BCUT2D eigenvalue weighted by Gasteiger charge is -2.09. The summed E-state index contributed by atoms with van der Waals surface area (Å²) < 4.78 is 53.3. The summed E-state index contributed by atoms with van der Waals surface area (Å²) in [5.74, 6) is -2.04. The monoisotopic (exact) mass is 365 g/mol. The molecule has 0 saturated carbocycles. The summed E-state index contributed by atoms with van der Waals surface area (Å²) in [7, 11) is -4.09. The number of nitrogens with two attached hydrogens (primary N) is 1. The Kier molecular flexibility index (Phi) is 4.11. The lowest BCUT2D eigenvalue weighted by molar-refractivity contribution is 0.582. The second-order valence-electron chi connectivity index (χ2n) is 3.91. The molecule has 0 atom stereocenters. The second-order valence-corrected chi connectivity index (χ2v) is 6.51. The molecule has 1 aromatic carbocycles. The number of hydrogen-bond donors (Lipinski definition) is 3. The number of rotatable bonds is 4. The molecule has 0 bridgehead atoms. The maximum Gasteiger partial charge on any atom is 0.263 e. The van der Waals surface area contributed by atoms with E-state index in [1.54, 1.807) is 0 Å². The quantitative estimate of drug-likeness (QED) is 0.776. The molecule has 5 nitrogen and oxygen atoms in total. The topological polar surface area (TPSA) is 88.0 Å². The maximum absolute atomic E-state index is 13.6. The number of H-pyrrole nitrogens is 1. The van der Waals surface area contributed by atoms with Crippen molar-refractivity contribution in [1.82, 2.24) is 4.98 Å². The molecular weight excluding hydrogens is 356 g/mol. The first-order valence-electron chi connectivity index (χ1n) is 5.38. The van der Waals surface area contributed by atoms with Crippen LogP contribution in [0.3, 0.4) is 0 Å². The van der Waals surface area contributed by atoms with Crippen LogP contribution in [-0.4, -0.2) is 13.4 Å². The number of sulfonamides is 1. The molecule has 4 N–H and O–H groups in total. The molecule has 2 aromatic rings. The summed E-state index contributed by atoms with van der Waals surface area (Å²) >= 11 is 2.91. The van der Waals surface area contributed by atoms with Gasteiger partial charge >= 0.3 is 0 Å². The van der Waals surface area contributed by atoms with Gasteiger partial charge < -0.3 is 10.7 Å². The molecule has 0 saturated heterocycles. The zero-order valence-electron chi connectivity index (χ0n) is 9.95. The molecule has 0 spiro atoms. The molecule has 0 aliphatic heterocycles. The van der Waals surface area contributed by atoms with Gasteiger partial charge in [0, 0.05) is 22.9 Å². The van der Waals surface area contributed by atoms with Crippen molar-refractivity contribution < 1.29 is 17.2 Å². The van der Waals surface area contributed by atoms with Crippen LogP contribution in [0.4, 0.5) is 14.5 Å². The molecule has 0 amide bonds. The maximum atomic E-state index is 13.6. The first-order chi connectivity index (χ1) is 9.33. The van der Waals surface area contributed by atoms with E-state index >= 15 is 0 Å². The Morgan fingerprint density at radius 2 is 1.85 bits per heavy atom. The molecule has 1 heterocycles. The van der Waals surface area contributed by atoms with Gasteiger partial charge in [-0.25, -0.2) is 17.2 Å². The highest BCUT2D eigenvalue weighted by molar-refractivity contribution is 9.10. The Morgan fingerprint density at radius 1 is 1.25 bits per heavy atom. The van der Waals surface area contributed by atoms with Crippen molar-refractivity contribution in [2.45, 2.75) is 11.4 Å². The van der Waals surface area contributed by atoms with Crippen LogP contribution in [0.2, 0.25) is 0 Å². The van der Waals surface area contributed by atoms with Gasteiger partial charge in [0.2, 0.25) is 0 Å². The van der Waals surface area contributed by atoms with Gasteiger partial charge in [-0.05, 0) is 18.2 Å². The van der Waals surface area contributed by atoms with E-state index in [0.29, 0.717) is 5.69 Å². The summed E-state index contributed by atoms with van der Waals surface area (Å²) in [4.78, 5) is 2.49. The highest BCUT2D eigenvalue weighted by Crippen LogP contribution is 2.26. The van der Waals surface area contributed by atoms with Crippen molar-refractivity contribution in [3.8, 4) is 0 Å². The lowest BCUT2D eigenvalue weighted by atomic mass is 10.3. The third-order valence-electron chi connectivity index (χ3n) is 2.49. The summed E-state index contributed by atoms with van der Waals surface area (Å²) in [6.45, 7) is 0.122. The first kappa shape index (κ1) is 14.9. The van der Waals surface area contributed by atoms with E-state index in [1.807, 2.05) is 4.72 Å². The van der Waals surface area contributed by atoms with Crippen LogP contribution in [0.25, 0.3) is 0 Å². The predicted molar refractivity (Wildman–Crippen MR) is 73.6 cm³/mol. The van der Waals surface area contributed by atoms with Crippen LogP contribution in [-0.2, 0) is 16.6 Å². The molecular formula is C11H10BrF2N3O2S. The highest BCUT2D eigenvalue weighted by atomic mass is 79.9. The number of aromatic nitrogens is 1. The number of benzene rings is 1. The van der Waals surface area contributed by atoms with Crippen molar-refractivity contribution in [3.63, 3.8) is 0 Å². The molecule has 0 unspecified atom stereocenters. The molecule has 20 heavy (non-hydrogen) atoms. The minimum atomic E-state index is -4.09. The van der Waals surface area contributed by atoms with E-state index < -0.39 is 27.3 Å². The Morgan fingerprint density at radius 3 is 2.35 bits per heavy atom. The van der Waals surface area contributed by atoms with Gasteiger partial charge in [-0.3, -0.25) is 4.72 Å². The molecule has 2 rings (SSSR count). The van der Waals surface area contributed by atoms with Gasteiger partial charge in [0.05, 0.1) is 0 Å². The van der Waals surface area contributed by atoms with Gasteiger partial charge in [-0.2, -0.15) is 0 Å². The molecule has 1 aromatic heterocycles. The molecule has 108 valence electrons. The SMILES string of the molecule is NCc1cc(S(=O)(=O)Nc2c(F)cc(Br)cc2F)c[nH]1. The smallest absolute Gasteiger partial charge is 0.263 e. The van der Waals surface area contributed by atoms with Gasteiger partial charge in [-0.15, -0.1) is 0 Å². The largest absolute Gasteiger partial charge is 0.363 e. The molecule has 0 aliphatic carbocycles. The van der Waals surface area contributed by atoms with E-state index in [4.69, 9.17) is 5.73 Å². The van der Waals surface area contributed by atoms with Crippen LogP contribution < -0.4 is 10.5 Å². The molecule has 0 fully saturated rings. The highest BCUT2D eigenvalue weighted by Gasteiger charge is 2.20. The first-order valence-corrected chi connectivity index (χ1v) is 7.66. The van der Waals surface area contributed by atoms with Crippen molar-refractivity contribution in [2.75, 3.05) is 4.72 Å². The molecule has 0 radical (unpaired) electrons. The average Bonchev–Trinajstić information content (AvgIpc) is 2.83. The zero-order chi connectivity index (χ0) is 14.9. The third-order valence-corrected chi connectivity index (χ3v) is 4.28. The number of aromatic amines is 1. The Balaban J connectivity index is 2.38. The second kappa shape index (κ2) is 5.51. The summed E-state index contributed by atoms with van der Waals surface area (Å²) in [5, 5.41) is 0. The van der Waals surface area contributed by atoms with E-state index in [-0.39, 0.29) is 15.9 Å².